The van der Waals surface area contributed by atoms with Crippen molar-refractivity contribution < 1.29 is 9.53 Å². The van der Waals surface area contributed by atoms with Gasteiger partial charge in [0.05, 0.1) is 24.5 Å². The lowest BCUT2D eigenvalue weighted by molar-refractivity contribution is 0.0505. The number of hydrogen-bond donors (Lipinski definition) is 0. The number of nitrogens with zero attached hydrogens (tertiary/aromatic N) is 4. The van der Waals surface area contributed by atoms with E-state index in [0.29, 0.717) is 18.8 Å². The molecule has 1 atom stereocenters. The van der Waals surface area contributed by atoms with Crippen molar-refractivity contribution in [2.75, 3.05) is 13.2 Å². The van der Waals surface area contributed by atoms with Crippen molar-refractivity contribution in [3.63, 3.8) is 0 Å². The molecule has 0 N–H and O–H groups in total. The highest BCUT2D eigenvalue weighted by atomic mass is 32.1. The number of hydrogen-bond acceptors (Lipinski definition) is 5. The third-order valence-electron chi connectivity index (χ3n) is 4.67. The molecule has 6 nitrogen and oxygen atoms in total. The van der Waals surface area contributed by atoms with E-state index in [1.165, 1.54) is 5.56 Å². The molecule has 1 aliphatic rings. The number of benzene rings is 1. The van der Waals surface area contributed by atoms with E-state index in [1.807, 2.05) is 53.6 Å². The van der Waals surface area contributed by atoms with Gasteiger partial charge < -0.3 is 9.64 Å². The van der Waals surface area contributed by atoms with E-state index < -0.39 is 0 Å². The normalized spacial score (nSPS) is 16.6. The highest BCUT2D eigenvalue weighted by molar-refractivity contribution is 7.09. The van der Waals surface area contributed by atoms with E-state index >= 15 is 0 Å². The van der Waals surface area contributed by atoms with Crippen molar-refractivity contribution in [2.24, 2.45) is 0 Å². The van der Waals surface area contributed by atoms with Gasteiger partial charge in [0.2, 0.25) is 0 Å². The van der Waals surface area contributed by atoms with Crippen molar-refractivity contribution in [1.82, 2.24) is 19.9 Å². The molecule has 27 heavy (non-hydrogen) atoms. The second-order valence-corrected chi connectivity index (χ2v) is 7.82. The molecule has 1 saturated heterocycles. The molecule has 2 aromatic heterocycles. The number of rotatable bonds is 6. The summed E-state index contributed by atoms with van der Waals surface area (Å²) in [5.74, 6) is -0.114. The SMILES string of the molecule is Cc1ccc(-n2cc(C(=O)N(Cc3cccs3)CC3CCCO3)nn2)cc1. The fourth-order valence-electron chi connectivity index (χ4n) is 3.19. The van der Waals surface area contributed by atoms with E-state index in [9.17, 15) is 4.79 Å². The van der Waals surface area contributed by atoms with Crippen LogP contribution in [0.1, 0.15) is 33.8 Å². The molecule has 1 aliphatic heterocycles. The summed E-state index contributed by atoms with van der Waals surface area (Å²) in [5, 5.41) is 10.3. The van der Waals surface area contributed by atoms with Crippen LogP contribution in [-0.2, 0) is 11.3 Å². The second kappa shape index (κ2) is 8.02. The number of thiophene rings is 1. The molecule has 0 bridgehead atoms. The smallest absolute Gasteiger partial charge is 0.276 e. The van der Waals surface area contributed by atoms with Gasteiger partial charge in [-0.05, 0) is 43.3 Å². The Labute approximate surface area is 162 Å². The van der Waals surface area contributed by atoms with E-state index in [0.717, 1.165) is 30.0 Å². The minimum absolute atomic E-state index is 0.0982. The third kappa shape index (κ3) is 4.26. The molecule has 1 amide bonds. The van der Waals surface area contributed by atoms with Crippen molar-refractivity contribution in [2.45, 2.75) is 32.4 Å². The highest BCUT2D eigenvalue weighted by Crippen LogP contribution is 2.19. The Morgan fingerprint density at radius 3 is 2.89 bits per heavy atom. The molecule has 0 aliphatic carbocycles. The number of aryl methyl sites for hydroxylation is 1. The molecule has 140 valence electrons. The van der Waals surface area contributed by atoms with E-state index in [4.69, 9.17) is 4.74 Å². The minimum Gasteiger partial charge on any atom is -0.376 e. The lowest BCUT2D eigenvalue weighted by Gasteiger charge is -2.24. The van der Waals surface area contributed by atoms with Gasteiger partial charge >= 0.3 is 0 Å². The zero-order valence-corrected chi connectivity index (χ0v) is 16.1. The maximum Gasteiger partial charge on any atom is 0.276 e. The van der Waals surface area contributed by atoms with Crippen LogP contribution in [0.2, 0.25) is 0 Å². The van der Waals surface area contributed by atoms with Crippen LogP contribution in [0.3, 0.4) is 0 Å². The Bertz CT molecular complexity index is 883. The van der Waals surface area contributed by atoms with Crippen molar-refractivity contribution >= 4 is 17.2 Å². The zero-order chi connectivity index (χ0) is 18.6. The van der Waals surface area contributed by atoms with Gasteiger partial charge in [-0.1, -0.05) is 29.0 Å². The zero-order valence-electron chi connectivity index (χ0n) is 15.2. The first-order valence-corrected chi connectivity index (χ1v) is 9.99. The number of carbonyl (C=O) groups is 1. The monoisotopic (exact) mass is 382 g/mol. The van der Waals surface area contributed by atoms with Crippen molar-refractivity contribution in [1.29, 1.82) is 0 Å². The van der Waals surface area contributed by atoms with Crippen LogP contribution in [0.25, 0.3) is 5.69 Å². The maximum absolute atomic E-state index is 13.1. The van der Waals surface area contributed by atoms with Gasteiger partial charge in [-0.15, -0.1) is 16.4 Å². The summed E-state index contributed by atoms with van der Waals surface area (Å²) in [6.45, 7) is 3.95. The van der Waals surface area contributed by atoms with E-state index in [1.54, 1.807) is 22.2 Å². The first-order valence-electron chi connectivity index (χ1n) is 9.12. The summed E-state index contributed by atoms with van der Waals surface area (Å²) in [6.07, 6.45) is 3.84. The Hall–Kier alpha value is -2.51. The highest BCUT2D eigenvalue weighted by Gasteiger charge is 2.25. The molecule has 3 aromatic rings. The summed E-state index contributed by atoms with van der Waals surface area (Å²) in [7, 11) is 0. The van der Waals surface area contributed by atoms with Crippen molar-refractivity contribution in [3.8, 4) is 5.69 Å². The number of ether oxygens (including phenoxy) is 1. The Morgan fingerprint density at radius 1 is 1.33 bits per heavy atom. The molecule has 1 fully saturated rings. The maximum atomic E-state index is 13.1. The fraction of sp³-hybridized carbons (Fsp3) is 0.350. The predicted octanol–water partition coefficient (Wildman–Crippen LogP) is 3.46. The summed E-state index contributed by atoms with van der Waals surface area (Å²) in [5.41, 5.74) is 2.41. The molecular weight excluding hydrogens is 360 g/mol. The summed E-state index contributed by atoms with van der Waals surface area (Å²) in [4.78, 5) is 16.1. The lowest BCUT2D eigenvalue weighted by atomic mass is 10.2. The molecule has 0 spiro atoms. The summed E-state index contributed by atoms with van der Waals surface area (Å²) in [6, 6.07) is 12.0. The molecule has 4 rings (SSSR count). The molecule has 1 unspecified atom stereocenters. The Morgan fingerprint density at radius 2 is 2.19 bits per heavy atom. The van der Waals surface area contributed by atoms with Crippen LogP contribution in [0, 0.1) is 6.92 Å². The quantitative estimate of drug-likeness (QED) is 0.655. The lowest BCUT2D eigenvalue weighted by Crippen LogP contribution is -2.37. The van der Waals surface area contributed by atoms with E-state index in [-0.39, 0.29) is 12.0 Å². The molecule has 3 heterocycles. The third-order valence-corrected chi connectivity index (χ3v) is 5.53. The molecule has 0 radical (unpaired) electrons. The molecule has 7 heteroatoms. The predicted molar refractivity (Wildman–Crippen MR) is 104 cm³/mol. The number of aromatic nitrogens is 3. The molecule has 0 saturated carbocycles. The van der Waals surface area contributed by atoms with Gasteiger partial charge in [0, 0.05) is 18.0 Å². The molecule has 1 aromatic carbocycles. The van der Waals surface area contributed by atoms with Crippen LogP contribution in [0.15, 0.2) is 48.0 Å². The summed E-state index contributed by atoms with van der Waals surface area (Å²) < 4.78 is 7.38. The van der Waals surface area contributed by atoms with Gasteiger partial charge in [-0.25, -0.2) is 4.68 Å². The minimum atomic E-state index is -0.114. The van der Waals surface area contributed by atoms with Gasteiger partial charge in [0.25, 0.3) is 5.91 Å². The largest absolute Gasteiger partial charge is 0.376 e. The number of carbonyl (C=O) groups excluding carboxylic acids is 1. The van der Waals surface area contributed by atoms with E-state index in [2.05, 4.69) is 10.3 Å². The fourth-order valence-corrected chi connectivity index (χ4v) is 3.91. The van der Waals surface area contributed by atoms with Crippen LogP contribution < -0.4 is 0 Å². The van der Waals surface area contributed by atoms with Gasteiger partial charge in [0.15, 0.2) is 5.69 Å². The van der Waals surface area contributed by atoms with Crippen LogP contribution >= 0.6 is 11.3 Å². The standard InChI is InChI=1S/C20H22N4O2S/c1-15-6-8-16(9-7-15)24-14-19(21-22-24)20(25)23(12-17-4-2-10-26-17)13-18-5-3-11-27-18/h3,5-9,11,14,17H,2,4,10,12-13H2,1H3. The second-order valence-electron chi connectivity index (χ2n) is 6.78. The van der Waals surface area contributed by atoms with Gasteiger partial charge in [-0.2, -0.15) is 0 Å². The van der Waals surface area contributed by atoms with Gasteiger partial charge in [-0.3, -0.25) is 4.79 Å². The average molecular weight is 382 g/mol. The topological polar surface area (TPSA) is 60.2 Å². The van der Waals surface area contributed by atoms with Gasteiger partial charge in [0.1, 0.15) is 0 Å². The first kappa shape index (κ1) is 17.9. The summed E-state index contributed by atoms with van der Waals surface area (Å²) >= 11 is 1.65. The Balaban J connectivity index is 1.54. The van der Waals surface area contributed by atoms with Crippen molar-refractivity contribution in [3.05, 3.63) is 64.1 Å². The number of amides is 1. The van der Waals surface area contributed by atoms with Crippen LogP contribution in [-0.4, -0.2) is 45.1 Å². The first-order chi connectivity index (χ1) is 13.2. The molecular formula is C20H22N4O2S. The van der Waals surface area contributed by atoms with Crippen LogP contribution in [0.5, 0.6) is 0 Å². The van der Waals surface area contributed by atoms with Crippen LogP contribution in [0.4, 0.5) is 0 Å². The average Bonchev–Trinajstić information content (AvgIpc) is 3.44. The Kier molecular flexibility index (Phi) is 5.31.